The lowest BCUT2D eigenvalue weighted by Gasteiger charge is -2.07. The Morgan fingerprint density at radius 3 is 2.67 bits per heavy atom. The van der Waals surface area contributed by atoms with Crippen LogP contribution < -0.4 is 5.32 Å². The van der Waals surface area contributed by atoms with E-state index in [0.717, 1.165) is 26.4 Å². The lowest BCUT2D eigenvalue weighted by Crippen LogP contribution is -2.18. The van der Waals surface area contributed by atoms with E-state index in [0.29, 0.717) is 24.0 Å². The molecule has 168 valence electrons. The summed E-state index contributed by atoms with van der Waals surface area (Å²) in [7, 11) is -3.92. The minimum Gasteiger partial charge on any atom is -0.395 e. The number of hydrogen-bond donors (Lipinski definition) is 3. The van der Waals surface area contributed by atoms with Gasteiger partial charge in [-0.2, -0.15) is 0 Å². The maximum atomic E-state index is 14.1. The van der Waals surface area contributed by atoms with Crippen LogP contribution >= 0.6 is 0 Å². The van der Waals surface area contributed by atoms with Crippen molar-refractivity contribution in [1.29, 1.82) is 0 Å². The summed E-state index contributed by atoms with van der Waals surface area (Å²) in [6.07, 6.45) is 1.53. The number of imidazole rings is 1. The Bertz CT molecular complexity index is 1560. The van der Waals surface area contributed by atoms with E-state index in [1.54, 1.807) is 24.3 Å². The van der Waals surface area contributed by atoms with Crippen molar-refractivity contribution in [3.8, 4) is 11.1 Å². The molecule has 0 amide bonds. The zero-order valence-corrected chi connectivity index (χ0v) is 18.3. The number of halogens is 1. The highest BCUT2D eigenvalue weighted by Gasteiger charge is 2.22. The van der Waals surface area contributed by atoms with Crippen LogP contribution in [0.25, 0.3) is 33.1 Å². The summed E-state index contributed by atoms with van der Waals surface area (Å²) >= 11 is 0. The van der Waals surface area contributed by atoms with E-state index < -0.39 is 15.8 Å². The standard InChI is InChI=1S/C24H21FN4O3S/c25-17-7-8-19-20(15-29(23(19)13-17)33(31,32)18-4-2-1-3-5-18)16-6-9-21-22(12-16)28-24(27-21)14-26-10-11-30/h1-9,12-13,15,26,30H,10-11,14H2,(H,27,28). The normalized spacial score (nSPS) is 12.1. The highest BCUT2D eigenvalue weighted by atomic mass is 32.2. The lowest BCUT2D eigenvalue weighted by molar-refractivity contribution is 0.291. The van der Waals surface area contributed by atoms with Crippen molar-refractivity contribution < 1.29 is 17.9 Å². The second kappa shape index (κ2) is 8.43. The molecule has 0 saturated carbocycles. The van der Waals surface area contributed by atoms with Crippen molar-refractivity contribution in [2.24, 2.45) is 0 Å². The predicted molar refractivity (Wildman–Crippen MR) is 125 cm³/mol. The van der Waals surface area contributed by atoms with Crippen LogP contribution in [-0.2, 0) is 16.6 Å². The molecule has 0 spiro atoms. The fourth-order valence-electron chi connectivity index (χ4n) is 3.90. The second-order valence-corrected chi connectivity index (χ2v) is 9.45. The van der Waals surface area contributed by atoms with Gasteiger partial charge in [-0.3, -0.25) is 0 Å². The number of aliphatic hydroxyl groups is 1. The van der Waals surface area contributed by atoms with E-state index in [1.807, 2.05) is 18.2 Å². The second-order valence-electron chi connectivity index (χ2n) is 7.63. The van der Waals surface area contributed by atoms with E-state index in [1.165, 1.54) is 30.5 Å². The van der Waals surface area contributed by atoms with Crippen LogP contribution in [0.1, 0.15) is 5.82 Å². The van der Waals surface area contributed by atoms with Crippen molar-refractivity contribution in [1.82, 2.24) is 19.3 Å². The Hall–Kier alpha value is -3.53. The molecule has 0 radical (unpaired) electrons. The molecule has 0 saturated heterocycles. The Morgan fingerprint density at radius 2 is 1.88 bits per heavy atom. The highest BCUT2D eigenvalue weighted by molar-refractivity contribution is 7.90. The molecule has 3 aromatic carbocycles. The molecule has 0 aliphatic heterocycles. The minimum atomic E-state index is -3.92. The Balaban J connectivity index is 1.64. The lowest BCUT2D eigenvalue weighted by atomic mass is 10.0. The van der Waals surface area contributed by atoms with Gasteiger partial charge in [0.05, 0.1) is 34.6 Å². The molecule has 5 rings (SSSR count). The summed E-state index contributed by atoms with van der Waals surface area (Å²) in [4.78, 5) is 7.93. The number of rotatable bonds is 7. The molecule has 0 fully saturated rings. The van der Waals surface area contributed by atoms with E-state index in [-0.39, 0.29) is 17.0 Å². The van der Waals surface area contributed by atoms with Crippen LogP contribution in [-0.4, -0.2) is 40.6 Å². The van der Waals surface area contributed by atoms with Crippen molar-refractivity contribution in [2.45, 2.75) is 11.4 Å². The van der Waals surface area contributed by atoms with Gasteiger partial charge in [-0.05, 0) is 48.0 Å². The fraction of sp³-hybridized carbons (Fsp3) is 0.125. The maximum absolute atomic E-state index is 14.1. The van der Waals surface area contributed by atoms with Crippen molar-refractivity contribution >= 4 is 32.0 Å². The van der Waals surface area contributed by atoms with E-state index in [2.05, 4.69) is 15.3 Å². The van der Waals surface area contributed by atoms with Crippen molar-refractivity contribution in [3.05, 3.63) is 84.6 Å². The topological polar surface area (TPSA) is 100 Å². The molecule has 9 heteroatoms. The van der Waals surface area contributed by atoms with Gasteiger partial charge in [0.1, 0.15) is 11.6 Å². The average molecular weight is 465 g/mol. The molecule has 7 nitrogen and oxygen atoms in total. The Kier molecular flexibility index (Phi) is 5.45. The molecule has 0 aliphatic carbocycles. The van der Waals surface area contributed by atoms with Gasteiger partial charge < -0.3 is 15.4 Å². The first-order valence-electron chi connectivity index (χ1n) is 10.4. The van der Waals surface area contributed by atoms with Gasteiger partial charge in [-0.15, -0.1) is 0 Å². The molecule has 0 atom stereocenters. The Morgan fingerprint density at radius 1 is 1.06 bits per heavy atom. The SMILES string of the molecule is O=S(=O)(c1ccccc1)n1cc(-c2ccc3[nH]c(CNCCO)nc3c2)c2ccc(F)cc21. The number of aliphatic hydroxyl groups excluding tert-OH is 1. The first kappa shape index (κ1) is 21.3. The molecule has 5 aromatic rings. The summed E-state index contributed by atoms with van der Waals surface area (Å²) in [6.45, 7) is 0.994. The molecule has 2 heterocycles. The number of nitrogens with one attached hydrogen (secondary N) is 2. The molecule has 0 aliphatic rings. The number of aromatic nitrogens is 3. The first-order chi connectivity index (χ1) is 16.0. The number of hydrogen-bond acceptors (Lipinski definition) is 5. The monoisotopic (exact) mass is 464 g/mol. The number of aromatic amines is 1. The quantitative estimate of drug-likeness (QED) is 0.319. The van der Waals surface area contributed by atoms with Crippen molar-refractivity contribution in [2.75, 3.05) is 13.2 Å². The highest BCUT2D eigenvalue weighted by Crippen LogP contribution is 2.34. The zero-order valence-electron chi connectivity index (χ0n) is 17.5. The van der Waals surface area contributed by atoms with Crippen molar-refractivity contribution in [3.63, 3.8) is 0 Å². The number of nitrogens with zero attached hydrogens (tertiary/aromatic N) is 2. The molecule has 33 heavy (non-hydrogen) atoms. The summed E-state index contributed by atoms with van der Waals surface area (Å²) in [5.41, 5.74) is 3.26. The third kappa shape index (κ3) is 3.91. The van der Waals surface area contributed by atoms with E-state index >= 15 is 0 Å². The molecular formula is C24H21FN4O3S. The Labute approximate surface area is 189 Å². The molecule has 3 N–H and O–H groups in total. The van der Waals surface area contributed by atoms with Crippen LogP contribution in [0, 0.1) is 5.82 Å². The van der Waals surface area contributed by atoms with E-state index in [9.17, 15) is 12.8 Å². The molecule has 0 unspecified atom stereocenters. The third-order valence-corrected chi connectivity index (χ3v) is 7.15. The van der Waals surface area contributed by atoms with Gasteiger partial charge in [0, 0.05) is 23.7 Å². The summed E-state index contributed by atoms with van der Waals surface area (Å²) in [5.74, 6) is 0.214. The smallest absolute Gasteiger partial charge is 0.268 e. The zero-order chi connectivity index (χ0) is 23.0. The predicted octanol–water partition coefficient (Wildman–Crippen LogP) is 3.64. The van der Waals surface area contributed by atoms with Gasteiger partial charge in [0.25, 0.3) is 10.0 Å². The summed E-state index contributed by atoms with van der Waals surface area (Å²) < 4.78 is 41.9. The summed E-state index contributed by atoms with van der Waals surface area (Å²) in [5, 5.41) is 12.6. The molecule has 2 aromatic heterocycles. The summed E-state index contributed by atoms with van der Waals surface area (Å²) in [6, 6.07) is 17.9. The van der Waals surface area contributed by atoms with Gasteiger partial charge >= 0.3 is 0 Å². The fourth-order valence-corrected chi connectivity index (χ4v) is 5.28. The average Bonchev–Trinajstić information content (AvgIpc) is 3.40. The van der Waals surface area contributed by atoms with Crippen LogP contribution in [0.5, 0.6) is 0 Å². The maximum Gasteiger partial charge on any atom is 0.268 e. The van der Waals surface area contributed by atoms with Crippen LogP contribution in [0.4, 0.5) is 4.39 Å². The number of H-pyrrole nitrogens is 1. The third-order valence-electron chi connectivity index (χ3n) is 5.46. The minimum absolute atomic E-state index is 0.0426. The van der Waals surface area contributed by atoms with Gasteiger partial charge in [-0.25, -0.2) is 21.8 Å². The number of fused-ring (bicyclic) bond motifs is 2. The number of benzene rings is 3. The first-order valence-corrected chi connectivity index (χ1v) is 11.8. The van der Waals surface area contributed by atoms with Gasteiger partial charge in [0.15, 0.2) is 0 Å². The largest absolute Gasteiger partial charge is 0.395 e. The molecular weight excluding hydrogens is 443 g/mol. The van der Waals surface area contributed by atoms with Gasteiger partial charge in [0.2, 0.25) is 0 Å². The van der Waals surface area contributed by atoms with Crippen LogP contribution in [0.2, 0.25) is 0 Å². The van der Waals surface area contributed by atoms with Crippen LogP contribution in [0.15, 0.2) is 77.8 Å². The molecule has 0 bridgehead atoms. The van der Waals surface area contributed by atoms with Crippen LogP contribution in [0.3, 0.4) is 0 Å². The van der Waals surface area contributed by atoms with Gasteiger partial charge in [-0.1, -0.05) is 24.3 Å². The van der Waals surface area contributed by atoms with E-state index in [4.69, 9.17) is 5.11 Å².